The normalized spacial score (nSPS) is 19.8. The molecule has 0 saturated carbocycles. The van der Waals surface area contributed by atoms with Crippen LogP contribution in [0, 0.1) is 12.8 Å². The Balaban J connectivity index is 1.83. The predicted octanol–water partition coefficient (Wildman–Crippen LogP) is 2.83. The first-order chi connectivity index (χ1) is 8.18. The highest BCUT2D eigenvalue weighted by Crippen LogP contribution is 2.20. The highest BCUT2D eigenvalue weighted by Gasteiger charge is 2.12. The topological polar surface area (TPSA) is 29.9 Å². The van der Waals surface area contributed by atoms with Crippen LogP contribution in [0.5, 0.6) is 0 Å². The number of aryl methyl sites for hydroxylation is 2. The van der Waals surface area contributed by atoms with E-state index in [-0.39, 0.29) is 0 Å². The van der Waals surface area contributed by atoms with Gasteiger partial charge in [-0.1, -0.05) is 23.8 Å². The van der Waals surface area contributed by atoms with Gasteiger partial charge in [0.2, 0.25) is 0 Å². The smallest absolute Gasteiger partial charge is 0.131 e. The van der Waals surface area contributed by atoms with Crippen molar-refractivity contribution in [2.24, 2.45) is 13.0 Å². The number of halogens is 1. The first-order valence-electron chi connectivity index (χ1n) is 6.22. The number of aromatic nitrogens is 2. The van der Waals surface area contributed by atoms with Crippen LogP contribution in [0.1, 0.15) is 30.5 Å². The van der Waals surface area contributed by atoms with E-state index in [1.54, 1.807) is 4.68 Å². The molecule has 1 aliphatic carbocycles. The quantitative estimate of drug-likeness (QED) is 0.837. The molecule has 0 aliphatic heterocycles. The van der Waals surface area contributed by atoms with Crippen molar-refractivity contribution in [1.82, 2.24) is 15.1 Å². The van der Waals surface area contributed by atoms with E-state index in [1.165, 1.54) is 19.3 Å². The summed E-state index contributed by atoms with van der Waals surface area (Å²) in [6.07, 6.45) is 8.28. The lowest BCUT2D eigenvalue weighted by Crippen LogP contribution is -2.23. The number of allylic oxidation sites excluding steroid dienone is 2. The molecule has 1 aliphatic rings. The van der Waals surface area contributed by atoms with Crippen LogP contribution >= 0.6 is 11.6 Å². The third-order valence-corrected chi connectivity index (χ3v) is 3.86. The van der Waals surface area contributed by atoms with Crippen LogP contribution in [0.25, 0.3) is 0 Å². The highest BCUT2D eigenvalue weighted by molar-refractivity contribution is 6.30. The minimum Gasteiger partial charge on any atom is -0.312 e. The minimum atomic E-state index is 0.749. The van der Waals surface area contributed by atoms with Crippen LogP contribution in [0.3, 0.4) is 0 Å². The van der Waals surface area contributed by atoms with Crippen molar-refractivity contribution in [3.63, 3.8) is 0 Å². The Labute approximate surface area is 108 Å². The van der Waals surface area contributed by atoms with Crippen LogP contribution < -0.4 is 5.32 Å². The molecule has 0 aromatic carbocycles. The van der Waals surface area contributed by atoms with Gasteiger partial charge in [-0.2, -0.15) is 5.10 Å². The SMILES string of the molecule is Cc1nn(C)c(Cl)c1CNCC1CC=CCC1. The zero-order valence-electron chi connectivity index (χ0n) is 10.5. The summed E-state index contributed by atoms with van der Waals surface area (Å²) in [4.78, 5) is 0. The van der Waals surface area contributed by atoms with Gasteiger partial charge in [-0.15, -0.1) is 0 Å². The zero-order chi connectivity index (χ0) is 12.3. The molecule has 2 rings (SSSR count). The van der Waals surface area contributed by atoms with E-state index in [4.69, 9.17) is 11.6 Å². The maximum absolute atomic E-state index is 6.18. The average molecular weight is 254 g/mol. The lowest BCUT2D eigenvalue weighted by Gasteiger charge is -2.18. The fourth-order valence-corrected chi connectivity index (χ4v) is 2.56. The van der Waals surface area contributed by atoms with Crippen LogP contribution in [0.4, 0.5) is 0 Å². The summed E-state index contributed by atoms with van der Waals surface area (Å²) in [6, 6.07) is 0. The van der Waals surface area contributed by atoms with Crippen LogP contribution in [0.2, 0.25) is 5.15 Å². The van der Waals surface area contributed by atoms with Gasteiger partial charge in [-0.05, 0) is 38.6 Å². The molecule has 0 radical (unpaired) electrons. The van der Waals surface area contributed by atoms with E-state index in [1.807, 2.05) is 14.0 Å². The van der Waals surface area contributed by atoms with E-state index in [0.717, 1.165) is 35.4 Å². The zero-order valence-corrected chi connectivity index (χ0v) is 11.3. The second kappa shape index (κ2) is 5.69. The first kappa shape index (κ1) is 12.7. The fraction of sp³-hybridized carbons (Fsp3) is 0.615. The van der Waals surface area contributed by atoms with Gasteiger partial charge >= 0.3 is 0 Å². The lowest BCUT2D eigenvalue weighted by molar-refractivity contribution is 0.440. The van der Waals surface area contributed by atoms with Crippen molar-refractivity contribution >= 4 is 11.6 Å². The summed E-state index contributed by atoms with van der Waals surface area (Å²) in [6.45, 7) is 3.89. The van der Waals surface area contributed by atoms with E-state index in [9.17, 15) is 0 Å². The van der Waals surface area contributed by atoms with Gasteiger partial charge in [-0.25, -0.2) is 0 Å². The fourth-order valence-electron chi connectivity index (χ4n) is 2.32. The van der Waals surface area contributed by atoms with E-state index in [2.05, 4.69) is 22.6 Å². The molecule has 1 aromatic heterocycles. The summed E-state index contributed by atoms with van der Waals surface area (Å²) in [5, 5.41) is 8.55. The van der Waals surface area contributed by atoms with Gasteiger partial charge in [0.15, 0.2) is 0 Å². The molecule has 1 heterocycles. The Bertz CT molecular complexity index is 409. The van der Waals surface area contributed by atoms with Crippen molar-refractivity contribution in [3.8, 4) is 0 Å². The largest absolute Gasteiger partial charge is 0.312 e. The molecule has 0 amide bonds. The molecule has 0 fully saturated rings. The number of rotatable bonds is 4. The molecular formula is C13H20ClN3. The average Bonchev–Trinajstić information content (AvgIpc) is 2.57. The maximum Gasteiger partial charge on any atom is 0.131 e. The standard InChI is InChI=1S/C13H20ClN3/c1-10-12(13(14)17(2)16-10)9-15-8-11-6-4-3-5-7-11/h3-4,11,15H,5-9H2,1-2H3. The molecular weight excluding hydrogens is 234 g/mol. The molecule has 1 aromatic rings. The van der Waals surface area contributed by atoms with E-state index >= 15 is 0 Å². The summed E-state index contributed by atoms with van der Waals surface area (Å²) >= 11 is 6.18. The molecule has 0 spiro atoms. The molecule has 0 bridgehead atoms. The molecule has 4 heteroatoms. The van der Waals surface area contributed by atoms with Crippen molar-refractivity contribution in [2.75, 3.05) is 6.54 Å². The second-order valence-electron chi connectivity index (χ2n) is 4.76. The van der Waals surface area contributed by atoms with Crippen molar-refractivity contribution < 1.29 is 0 Å². The lowest BCUT2D eigenvalue weighted by atomic mass is 9.94. The second-order valence-corrected chi connectivity index (χ2v) is 5.12. The summed E-state index contributed by atoms with van der Waals surface area (Å²) in [7, 11) is 1.88. The molecule has 0 saturated heterocycles. The van der Waals surface area contributed by atoms with Crippen molar-refractivity contribution in [1.29, 1.82) is 0 Å². The van der Waals surface area contributed by atoms with Gasteiger partial charge < -0.3 is 5.32 Å². The Morgan fingerprint density at radius 2 is 2.35 bits per heavy atom. The Morgan fingerprint density at radius 1 is 1.53 bits per heavy atom. The van der Waals surface area contributed by atoms with Gasteiger partial charge in [0.25, 0.3) is 0 Å². The monoisotopic (exact) mass is 253 g/mol. The number of hydrogen-bond acceptors (Lipinski definition) is 2. The molecule has 1 unspecified atom stereocenters. The summed E-state index contributed by atoms with van der Waals surface area (Å²) in [5.74, 6) is 0.774. The summed E-state index contributed by atoms with van der Waals surface area (Å²) < 4.78 is 1.73. The van der Waals surface area contributed by atoms with Gasteiger partial charge in [0.1, 0.15) is 5.15 Å². The van der Waals surface area contributed by atoms with Crippen molar-refractivity contribution in [3.05, 3.63) is 28.6 Å². The maximum atomic E-state index is 6.18. The van der Waals surface area contributed by atoms with Gasteiger partial charge in [-0.3, -0.25) is 4.68 Å². The molecule has 1 N–H and O–H groups in total. The Hall–Kier alpha value is -0.800. The molecule has 1 atom stereocenters. The Morgan fingerprint density at radius 3 is 2.94 bits per heavy atom. The van der Waals surface area contributed by atoms with E-state index in [0.29, 0.717) is 0 Å². The van der Waals surface area contributed by atoms with Crippen LogP contribution in [-0.2, 0) is 13.6 Å². The third kappa shape index (κ3) is 3.11. The summed E-state index contributed by atoms with van der Waals surface area (Å²) in [5.41, 5.74) is 2.15. The van der Waals surface area contributed by atoms with Gasteiger partial charge in [0, 0.05) is 19.2 Å². The molecule has 3 nitrogen and oxygen atoms in total. The van der Waals surface area contributed by atoms with Crippen molar-refractivity contribution in [2.45, 2.75) is 32.7 Å². The van der Waals surface area contributed by atoms with Crippen LogP contribution in [-0.4, -0.2) is 16.3 Å². The van der Waals surface area contributed by atoms with E-state index < -0.39 is 0 Å². The first-order valence-corrected chi connectivity index (χ1v) is 6.60. The predicted molar refractivity (Wildman–Crippen MR) is 71.1 cm³/mol. The number of nitrogens with one attached hydrogen (secondary N) is 1. The number of hydrogen-bond donors (Lipinski definition) is 1. The highest BCUT2D eigenvalue weighted by atomic mass is 35.5. The molecule has 94 valence electrons. The third-order valence-electron chi connectivity index (χ3n) is 3.38. The number of nitrogens with zero attached hydrogens (tertiary/aromatic N) is 2. The van der Waals surface area contributed by atoms with Crippen LogP contribution in [0.15, 0.2) is 12.2 Å². The van der Waals surface area contributed by atoms with Gasteiger partial charge in [0.05, 0.1) is 5.69 Å². The minimum absolute atomic E-state index is 0.749. The Kier molecular flexibility index (Phi) is 4.24. The molecule has 17 heavy (non-hydrogen) atoms.